The Bertz CT molecular complexity index is 1390. The molecule has 16 atom stereocenters. The topological polar surface area (TPSA) is 206 Å². The number of carbonyl (C=O) groups excluding carboxylic acids is 4. The van der Waals surface area contributed by atoms with E-state index in [1.165, 1.54) is 14.0 Å². The van der Waals surface area contributed by atoms with Crippen LogP contribution in [0, 0.1) is 17.8 Å². The molecule has 332 valence electrons. The van der Waals surface area contributed by atoms with E-state index in [0.29, 0.717) is 12.7 Å². The van der Waals surface area contributed by atoms with Gasteiger partial charge in [0.1, 0.15) is 48.5 Å². The van der Waals surface area contributed by atoms with E-state index in [1.807, 2.05) is 20.8 Å². The predicted molar refractivity (Wildman–Crippen MR) is 210 cm³/mol. The van der Waals surface area contributed by atoms with Crippen molar-refractivity contribution in [2.45, 2.75) is 179 Å². The molecule has 2 fully saturated rings. The summed E-state index contributed by atoms with van der Waals surface area (Å²) in [5, 5.41) is 34.2. The van der Waals surface area contributed by atoms with Gasteiger partial charge < -0.3 is 62.9 Å². The SMILES string of the molecule is CO[C@@H]1[C@@H](OC2O[C@H](C)[C@@H](O[C@H]3C[C@@](C)(OC(=O)CC(C)C)[C@@H](O)[C@H](C)O3)[C@H](N(C)C)[C@H]2O)[C@@H](CC=O)C[C@@H](C)[C@@H](O)/C=C/C=C/C[C@@H](C)OC(=O)C[C@H]1OC(C)=O. The van der Waals surface area contributed by atoms with Crippen LogP contribution in [0.5, 0.6) is 0 Å². The van der Waals surface area contributed by atoms with Crippen molar-refractivity contribution in [3.05, 3.63) is 24.3 Å². The third-order valence-corrected chi connectivity index (χ3v) is 11.0. The average Bonchev–Trinajstić information content (AvgIpc) is 3.10. The van der Waals surface area contributed by atoms with Gasteiger partial charge in [0, 0.05) is 39.7 Å². The number of rotatable bonds is 12. The standard InChI is InChI=1S/C42H69NO15/c1-23(2)19-33(48)58-42(8)22-34(53-27(6)40(42)50)56-37-26(5)54-41(36(49)35(37)43(9)10)57-38-29(17-18-44)20-24(3)30(46)16-14-12-13-15-25(4)52-32(47)21-31(39(38)51-11)55-28(7)45/h12-14,16,18,23-27,29-31,34-41,46,49-50H,15,17,19-22H2,1-11H3/b13-12+,16-14+/t24-,25-,26-,27+,29+,30+,31-,34+,35-,36-,37-,38+,39+,40+,41?,42-/m1/s1. The molecule has 0 spiro atoms. The maximum atomic E-state index is 13.3. The molecular formula is C42H69NO15. The monoisotopic (exact) mass is 827 g/mol. The van der Waals surface area contributed by atoms with Gasteiger partial charge in [0.2, 0.25) is 0 Å². The number of nitrogens with zero attached hydrogens (tertiary/aromatic N) is 1. The first-order valence-corrected chi connectivity index (χ1v) is 20.4. The minimum atomic E-state index is -1.40. The molecule has 58 heavy (non-hydrogen) atoms. The Hall–Kier alpha value is -2.80. The molecule has 0 saturated carbocycles. The van der Waals surface area contributed by atoms with Gasteiger partial charge in [0.05, 0.1) is 36.9 Å². The Morgan fingerprint density at radius 2 is 1.71 bits per heavy atom. The van der Waals surface area contributed by atoms with Crippen molar-refractivity contribution in [3.8, 4) is 0 Å². The maximum Gasteiger partial charge on any atom is 0.309 e. The zero-order chi connectivity index (χ0) is 43.5. The summed E-state index contributed by atoms with van der Waals surface area (Å²) in [4.78, 5) is 52.5. The highest BCUT2D eigenvalue weighted by Crippen LogP contribution is 2.38. The van der Waals surface area contributed by atoms with E-state index in [4.69, 9.17) is 37.9 Å². The number of aliphatic hydroxyl groups excluding tert-OH is 3. The van der Waals surface area contributed by atoms with Gasteiger partial charge in [-0.05, 0) is 66.0 Å². The van der Waals surface area contributed by atoms with Crippen LogP contribution in [0.4, 0.5) is 0 Å². The molecule has 1 unspecified atom stereocenters. The number of esters is 3. The van der Waals surface area contributed by atoms with E-state index in [9.17, 15) is 34.5 Å². The lowest BCUT2D eigenvalue weighted by atomic mass is 9.82. The number of cyclic esters (lactones) is 1. The fourth-order valence-corrected chi connectivity index (χ4v) is 8.06. The summed E-state index contributed by atoms with van der Waals surface area (Å²) in [6.07, 6.45) is -4.33. The van der Waals surface area contributed by atoms with Crippen molar-refractivity contribution in [2.24, 2.45) is 17.8 Å². The number of hydrogen-bond donors (Lipinski definition) is 3. The molecular weight excluding hydrogens is 758 g/mol. The third-order valence-electron chi connectivity index (χ3n) is 11.0. The first-order chi connectivity index (χ1) is 27.2. The second kappa shape index (κ2) is 22.7. The van der Waals surface area contributed by atoms with Gasteiger partial charge in [0.25, 0.3) is 0 Å². The maximum absolute atomic E-state index is 13.3. The first-order valence-electron chi connectivity index (χ1n) is 20.4. The molecule has 3 aliphatic heterocycles. The van der Waals surface area contributed by atoms with Gasteiger partial charge in [-0.2, -0.15) is 0 Å². The molecule has 0 radical (unpaired) electrons. The molecule has 16 heteroatoms. The third kappa shape index (κ3) is 13.9. The summed E-state index contributed by atoms with van der Waals surface area (Å²) in [5.41, 5.74) is -1.32. The number of methoxy groups -OCH3 is 1. The van der Waals surface area contributed by atoms with Crippen LogP contribution < -0.4 is 0 Å². The lowest BCUT2D eigenvalue weighted by molar-refractivity contribution is -0.344. The summed E-state index contributed by atoms with van der Waals surface area (Å²) >= 11 is 0. The number of allylic oxidation sites excluding steroid dienone is 2. The Kier molecular flexibility index (Phi) is 19.4. The Morgan fingerprint density at radius 3 is 2.31 bits per heavy atom. The average molecular weight is 828 g/mol. The van der Waals surface area contributed by atoms with Crippen LogP contribution in [0.1, 0.15) is 93.9 Å². The Balaban J connectivity index is 2.01. The fraction of sp³-hybridized carbons (Fsp3) is 0.810. The van der Waals surface area contributed by atoms with Gasteiger partial charge in [-0.1, -0.05) is 45.1 Å². The van der Waals surface area contributed by atoms with Crippen molar-refractivity contribution in [2.75, 3.05) is 21.2 Å². The van der Waals surface area contributed by atoms with Gasteiger partial charge in [-0.3, -0.25) is 14.4 Å². The smallest absolute Gasteiger partial charge is 0.309 e. The molecule has 0 bridgehead atoms. The highest BCUT2D eigenvalue weighted by Gasteiger charge is 2.53. The molecule has 0 aromatic carbocycles. The number of ether oxygens (including phenoxy) is 8. The lowest BCUT2D eigenvalue weighted by Gasteiger charge is -2.50. The normalized spacial score (nSPS) is 40.7. The van der Waals surface area contributed by atoms with Crippen molar-refractivity contribution in [1.82, 2.24) is 4.90 Å². The highest BCUT2D eigenvalue weighted by atomic mass is 16.7. The van der Waals surface area contributed by atoms with Crippen LogP contribution in [0.3, 0.4) is 0 Å². The molecule has 3 N–H and O–H groups in total. The minimum absolute atomic E-state index is 0.000956. The Morgan fingerprint density at radius 1 is 1.02 bits per heavy atom. The van der Waals surface area contributed by atoms with Crippen LogP contribution in [0.2, 0.25) is 0 Å². The summed E-state index contributed by atoms with van der Waals surface area (Å²) in [6.45, 7) is 13.6. The molecule has 0 aromatic heterocycles. The summed E-state index contributed by atoms with van der Waals surface area (Å²) in [6, 6.07) is -0.786. The number of carbonyl (C=O) groups is 4. The molecule has 0 aromatic rings. The minimum Gasteiger partial charge on any atom is -0.462 e. The zero-order valence-corrected chi connectivity index (χ0v) is 36.1. The fourth-order valence-electron chi connectivity index (χ4n) is 8.06. The van der Waals surface area contributed by atoms with Crippen LogP contribution in [0.25, 0.3) is 0 Å². The second-order valence-corrected chi connectivity index (χ2v) is 16.9. The molecule has 3 rings (SSSR count). The van der Waals surface area contributed by atoms with Crippen LogP contribution in [0.15, 0.2) is 24.3 Å². The second-order valence-electron chi connectivity index (χ2n) is 16.9. The Labute approximate surface area is 343 Å². The largest absolute Gasteiger partial charge is 0.462 e. The van der Waals surface area contributed by atoms with E-state index in [1.54, 1.807) is 71.0 Å². The van der Waals surface area contributed by atoms with Crippen molar-refractivity contribution < 1.29 is 72.4 Å². The molecule has 0 amide bonds. The van der Waals surface area contributed by atoms with Gasteiger partial charge in [0.15, 0.2) is 12.6 Å². The van der Waals surface area contributed by atoms with E-state index >= 15 is 0 Å². The first kappa shape index (κ1) is 49.6. The molecule has 3 heterocycles. The van der Waals surface area contributed by atoms with Crippen molar-refractivity contribution >= 4 is 24.2 Å². The van der Waals surface area contributed by atoms with Crippen molar-refractivity contribution in [3.63, 3.8) is 0 Å². The van der Waals surface area contributed by atoms with Crippen LogP contribution >= 0.6 is 0 Å². The van der Waals surface area contributed by atoms with Crippen LogP contribution in [-0.4, -0.2) is 151 Å². The van der Waals surface area contributed by atoms with Gasteiger partial charge >= 0.3 is 17.9 Å². The van der Waals surface area contributed by atoms with Gasteiger partial charge in [-0.15, -0.1) is 0 Å². The van der Waals surface area contributed by atoms with E-state index in [0.717, 1.165) is 0 Å². The zero-order valence-electron chi connectivity index (χ0n) is 36.1. The number of likely N-dealkylation sites (N-methyl/N-ethyl adjacent to an activating group) is 1. The summed E-state index contributed by atoms with van der Waals surface area (Å²) < 4.78 is 48.7. The number of aldehydes is 1. The van der Waals surface area contributed by atoms with Gasteiger partial charge in [-0.25, -0.2) is 0 Å². The van der Waals surface area contributed by atoms with Crippen molar-refractivity contribution in [1.29, 1.82) is 0 Å². The number of hydrogen-bond acceptors (Lipinski definition) is 16. The molecule has 16 nitrogen and oxygen atoms in total. The lowest BCUT2D eigenvalue weighted by Crippen LogP contribution is -2.66. The molecule has 3 aliphatic rings. The number of aliphatic hydroxyl groups is 3. The summed E-state index contributed by atoms with van der Waals surface area (Å²) in [7, 11) is 4.86. The van der Waals surface area contributed by atoms with E-state index in [2.05, 4.69) is 0 Å². The van der Waals surface area contributed by atoms with Crippen LogP contribution in [-0.2, 0) is 57.1 Å². The predicted octanol–water partition coefficient (Wildman–Crippen LogP) is 3.01. The van der Waals surface area contributed by atoms with E-state index < -0.39 is 121 Å². The summed E-state index contributed by atoms with van der Waals surface area (Å²) in [5.74, 6) is -2.86. The molecule has 0 aliphatic carbocycles. The quantitative estimate of drug-likeness (QED) is 0.147. The van der Waals surface area contributed by atoms with E-state index in [-0.39, 0.29) is 31.6 Å². The molecule has 2 saturated heterocycles. The highest BCUT2D eigenvalue weighted by molar-refractivity contribution is 5.72.